The topological polar surface area (TPSA) is 15.3 Å². The fraction of sp³-hybridized carbons (Fsp3) is 0.571. The average molecular weight is 303 g/mol. The Bertz CT molecular complexity index is 430. The Morgan fingerprint density at radius 1 is 1.58 bits per heavy atom. The van der Waals surface area contributed by atoms with Gasteiger partial charge in [0.05, 0.1) is 6.04 Å². The molecule has 2 rings (SSSR count). The van der Waals surface area contributed by atoms with Gasteiger partial charge in [-0.25, -0.2) is 4.39 Å². The summed E-state index contributed by atoms with van der Waals surface area (Å²) in [5.74, 6) is 1.95. The number of nitrogens with zero attached hydrogens (tertiary/aromatic N) is 1. The molecule has 19 heavy (non-hydrogen) atoms. The van der Waals surface area contributed by atoms with Crippen molar-refractivity contribution in [3.63, 3.8) is 0 Å². The Labute approximate surface area is 123 Å². The third-order valence-electron chi connectivity index (χ3n) is 3.55. The van der Waals surface area contributed by atoms with Gasteiger partial charge in [-0.05, 0) is 25.7 Å². The standard InChI is InChI=1S/C14H20ClFN2S/c1-3-17-14(13-9-19-7-6-18(13)2)11-5-4-10(15)8-12(11)16/h4-5,8,13-14,17H,3,6-7,9H2,1-2H3. The van der Waals surface area contributed by atoms with Crippen molar-refractivity contribution in [3.8, 4) is 0 Å². The molecule has 1 aromatic carbocycles. The summed E-state index contributed by atoms with van der Waals surface area (Å²) in [5, 5.41) is 3.87. The van der Waals surface area contributed by atoms with Crippen LogP contribution in [0.15, 0.2) is 18.2 Å². The van der Waals surface area contributed by atoms with Crippen molar-refractivity contribution in [2.24, 2.45) is 0 Å². The molecule has 0 aromatic heterocycles. The Hall–Kier alpha value is -0.290. The smallest absolute Gasteiger partial charge is 0.129 e. The number of benzene rings is 1. The molecule has 1 N–H and O–H groups in total. The van der Waals surface area contributed by atoms with E-state index in [0.29, 0.717) is 16.6 Å². The maximum Gasteiger partial charge on any atom is 0.129 e. The van der Waals surface area contributed by atoms with Crippen LogP contribution in [0.5, 0.6) is 0 Å². The van der Waals surface area contributed by atoms with E-state index in [9.17, 15) is 4.39 Å². The van der Waals surface area contributed by atoms with Crippen molar-refractivity contribution < 1.29 is 4.39 Å². The molecule has 2 nitrogen and oxygen atoms in total. The first-order valence-corrected chi connectivity index (χ1v) is 8.13. The molecule has 0 bridgehead atoms. The zero-order valence-electron chi connectivity index (χ0n) is 11.3. The van der Waals surface area contributed by atoms with E-state index < -0.39 is 0 Å². The number of nitrogens with one attached hydrogen (secondary N) is 1. The van der Waals surface area contributed by atoms with Crippen LogP contribution in [0.4, 0.5) is 4.39 Å². The average Bonchev–Trinajstić information content (AvgIpc) is 2.38. The summed E-state index contributed by atoms with van der Waals surface area (Å²) in [4.78, 5) is 2.32. The molecule has 1 aliphatic heterocycles. The second kappa shape index (κ2) is 6.93. The summed E-state index contributed by atoms with van der Waals surface area (Å²) in [6.07, 6.45) is 0. The minimum Gasteiger partial charge on any atom is -0.309 e. The molecule has 2 unspecified atom stereocenters. The molecule has 0 spiro atoms. The highest BCUT2D eigenvalue weighted by atomic mass is 35.5. The van der Waals surface area contributed by atoms with Crippen molar-refractivity contribution in [2.45, 2.75) is 19.0 Å². The highest BCUT2D eigenvalue weighted by Gasteiger charge is 2.30. The Morgan fingerprint density at radius 3 is 3.00 bits per heavy atom. The predicted molar refractivity (Wildman–Crippen MR) is 81.6 cm³/mol. The largest absolute Gasteiger partial charge is 0.309 e. The highest BCUT2D eigenvalue weighted by molar-refractivity contribution is 7.99. The summed E-state index contributed by atoms with van der Waals surface area (Å²) in [6, 6.07) is 5.30. The predicted octanol–water partition coefficient (Wildman–Crippen LogP) is 3.18. The van der Waals surface area contributed by atoms with Crippen LogP contribution in [0.1, 0.15) is 18.5 Å². The van der Waals surface area contributed by atoms with Crippen LogP contribution < -0.4 is 5.32 Å². The molecule has 0 aliphatic carbocycles. The maximum atomic E-state index is 14.2. The van der Waals surface area contributed by atoms with Gasteiger partial charge < -0.3 is 5.32 Å². The van der Waals surface area contributed by atoms with Crippen LogP contribution in [0.25, 0.3) is 0 Å². The zero-order valence-corrected chi connectivity index (χ0v) is 12.9. The van der Waals surface area contributed by atoms with Gasteiger partial charge in [-0.3, -0.25) is 4.90 Å². The molecule has 1 heterocycles. The fourth-order valence-corrected chi connectivity index (χ4v) is 3.91. The molecule has 0 saturated carbocycles. The van der Waals surface area contributed by atoms with Crippen molar-refractivity contribution in [1.82, 2.24) is 10.2 Å². The van der Waals surface area contributed by atoms with Gasteiger partial charge in [0.2, 0.25) is 0 Å². The number of rotatable bonds is 4. The first-order chi connectivity index (χ1) is 9.13. The van der Waals surface area contributed by atoms with E-state index in [2.05, 4.69) is 24.2 Å². The Balaban J connectivity index is 2.27. The van der Waals surface area contributed by atoms with Gasteiger partial charge in [0.1, 0.15) is 5.82 Å². The van der Waals surface area contributed by atoms with E-state index in [1.165, 1.54) is 6.07 Å². The third kappa shape index (κ3) is 3.63. The van der Waals surface area contributed by atoms with Crippen LogP contribution >= 0.6 is 23.4 Å². The lowest BCUT2D eigenvalue weighted by atomic mass is 9.98. The lowest BCUT2D eigenvalue weighted by Gasteiger charge is -2.38. The van der Waals surface area contributed by atoms with Crippen molar-refractivity contribution in [1.29, 1.82) is 0 Å². The van der Waals surface area contributed by atoms with Crippen molar-refractivity contribution in [2.75, 3.05) is 31.6 Å². The van der Waals surface area contributed by atoms with Crippen LogP contribution in [-0.2, 0) is 0 Å². The van der Waals surface area contributed by atoms with Gasteiger partial charge in [-0.2, -0.15) is 11.8 Å². The molecular formula is C14H20ClFN2S. The normalized spacial score (nSPS) is 22.4. The summed E-state index contributed by atoms with van der Waals surface area (Å²) in [5.41, 5.74) is 0.714. The molecule has 0 amide bonds. The van der Waals surface area contributed by atoms with Crippen LogP contribution in [0, 0.1) is 5.82 Å². The van der Waals surface area contributed by atoms with Gasteiger partial charge >= 0.3 is 0 Å². The lowest BCUT2D eigenvalue weighted by molar-refractivity contribution is 0.214. The quantitative estimate of drug-likeness (QED) is 0.919. The molecule has 1 fully saturated rings. The first kappa shape index (κ1) is 15.1. The van der Waals surface area contributed by atoms with Crippen LogP contribution in [-0.4, -0.2) is 42.6 Å². The maximum absolute atomic E-state index is 14.2. The monoisotopic (exact) mass is 302 g/mol. The summed E-state index contributed by atoms with van der Waals surface area (Å²) >= 11 is 7.77. The van der Waals surface area contributed by atoms with Gasteiger partial charge in [-0.15, -0.1) is 0 Å². The number of hydrogen-bond acceptors (Lipinski definition) is 3. The van der Waals surface area contributed by atoms with Gasteiger partial charge in [0, 0.05) is 34.7 Å². The molecule has 1 aromatic rings. The number of thioether (sulfide) groups is 1. The van der Waals surface area contributed by atoms with Crippen LogP contribution in [0.3, 0.4) is 0 Å². The van der Waals surface area contributed by atoms with Gasteiger partial charge in [0.15, 0.2) is 0 Å². The van der Waals surface area contributed by atoms with Gasteiger partial charge in [-0.1, -0.05) is 24.6 Å². The van der Waals surface area contributed by atoms with E-state index >= 15 is 0 Å². The molecule has 0 radical (unpaired) electrons. The number of halogens is 2. The molecule has 106 valence electrons. The summed E-state index contributed by atoms with van der Waals surface area (Å²) in [6.45, 7) is 3.92. The van der Waals surface area contributed by atoms with E-state index in [1.54, 1.807) is 12.1 Å². The Morgan fingerprint density at radius 2 is 2.37 bits per heavy atom. The second-order valence-corrected chi connectivity index (χ2v) is 6.41. The second-order valence-electron chi connectivity index (χ2n) is 4.82. The van der Waals surface area contributed by atoms with Crippen LogP contribution in [0.2, 0.25) is 5.02 Å². The SMILES string of the molecule is CCNC(c1ccc(Cl)cc1F)C1CSCCN1C. The number of hydrogen-bond donors (Lipinski definition) is 1. The number of likely N-dealkylation sites (N-methyl/N-ethyl adjacent to an activating group) is 2. The molecule has 1 saturated heterocycles. The highest BCUT2D eigenvalue weighted by Crippen LogP contribution is 2.29. The molecule has 2 atom stereocenters. The minimum atomic E-state index is -0.220. The first-order valence-electron chi connectivity index (χ1n) is 6.59. The molecular weight excluding hydrogens is 283 g/mol. The zero-order chi connectivity index (χ0) is 13.8. The fourth-order valence-electron chi connectivity index (χ4n) is 2.48. The Kier molecular flexibility index (Phi) is 5.51. The van der Waals surface area contributed by atoms with E-state index in [-0.39, 0.29) is 11.9 Å². The summed E-state index contributed by atoms with van der Waals surface area (Å²) in [7, 11) is 2.11. The summed E-state index contributed by atoms with van der Waals surface area (Å²) < 4.78 is 14.2. The lowest BCUT2D eigenvalue weighted by Crippen LogP contribution is -2.48. The molecule has 5 heteroatoms. The van der Waals surface area contributed by atoms with E-state index in [4.69, 9.17) is 11.6 Å². The molecule has 1 aliphatic rings. The van der Waals surface area contributed by atoms with Crippen molar-refractivity contribution in [3.05, 3.63) is 34.6 Å². The van der Waals surface area contributed by atoms with E-state index in [0.717, 1.165) is 24.6 Å². The van der Waals surface area contributed by atoms with Crippen molar-refractivity contribution >= 4 is 23.4 Å². The third-order valence-corrected chi connectivity index (χ3v) is 4.83. The van der Waals surface area contributed by atoms with E-state index in [1.807, 2.05) is 11.8 Å². The van der Waals surface area contributed by atoms with Gasteiger partial charge in [0.25, 0.3) is 0 Å². The minimum absolute atomic E-state index is 0.0140.